The predicted molar refractivity (Wildman–Crippen MR) is 86.1 cm³/mol. The first-order valence-corrected chi connectivity index (χ1v) is 7.30. The van der Waals surface area contributed by atoms with Crippen LogP contribution in [0.4, 0.5) is 5.69 Å². The summed E-state index contributed by atoms with van der Waals surface area (Å²) in [5, 5.41) is 7.24. The highest BCUT2D eigenvalue weighted by molar-refractivity contribution is 5.95. The second-order valence-corrected chi connectivity index (χ2v) is 5.61. The molecule has 0 aliphatic carbocycles. The molecule has 5 heteroatoms. The molecule has 1 N–H and O–H groups in total. The molecule has 0 radical (unpaired) electrons. The summed E-state index contributed by atoms with van der Waals surface area (Å²) in [6.45, 7) is 7.41. The Hall–Kier alpha value is -2.43. The van der Waals surface area contributed by atoms with Gasteiger partial charge in [0.15, 0.2) is 5.78 Å². The SMILES string of the molecule is CC(=O)c1ccc(NC(=O)C[C@@H](C)n2nc(C)cc2C)cc1. The summed E-state index contributed by atoms with van der Waals surface area (Å²) in [6.07, 6.45) is 0.344. The second kappa shape index (κ2) is 6.56. The minimum atomic E-state index is -0.0735. The zero-order valence-corrected chi connectivity index (χ0v) is 13.4. The van der Waals surface area contributed by atoms with Crippen molar-refractivity contribution in [1.82, 2.24) is 9.78 Å². The van der Waals surface area contributed by atoms with Gasteiger partial charge in [-0.15, -0.1) is 0 Å². The molecular weight excluding hydrogens is 278 g/mol. The Kier molecular flexibility index (Phi) is 4.75. The molecule has 0 saturated carbocycles. The van der Waals surface area contributed by atoms with E-state index in [4.69, 9.17) is 0 Å². The normalized spacial score (nSPS) is 12.0. The maximum atomic E-state index is 12.1. The minimum absolute atomic E-state index is 0.00908. The molecule has 5 nitrogen and oxygen atoms in total. The third-order valence-electron chi connectivity index (χ3n) is 3.52. The van der Waals surface area contributed by atoms with E-state index >= 15 is 0 Å². The number of hydrogen-bond donors (Lipinski definition) is 1. The van der Waals surface area contributed by atoms with Crippen molar-refractivity contribution in [3.8, 4) is 0 Å². The fraction of sp³-hybridized carbons (Fsp3) is 0.353. The molecule has 1 aromatic heterocycles. The van der Waals surface area contributed by atoms with Gasteiger partial charge in [-0.2, -0.15) is 5.10 Å². The van der Waals surface area contributed by atoms with E-state index < -0.39 is 0 Å². The van der Waals surface area contributed by atoms with E-state index in [1.54, 1.807) is 24.3 Å². The van der Waals surface area contributed by atoms with Crippen molar-refractivity contribution in [2.45, 2.75) is 40.2 Å². The van der Waals surface area contributed by atoms with Gasteiger partial charge in [-0.3, -0.25) is 14.3 Å². The Bertz CT molecular complexity index is 686. The van der Waals surface area contributed by atoms with Gasteiger partial charge >= 0.3 is 0 Å². The van der Waals surface area contributed by atoms with Gasteiger partial charge < -0.3 is 5.32 Å². The minimum Gasteiger partial charge on any atom is -0.326 e. The standard InChI is InChI=1S/C17H21N3O2/c1-11-9-12(2)20(19-11)13(3)10-17(22)18-16-7-5-15(6-8-16)14(4)21/h5-9,13H,10H2,1-4H3,(H,18,22)/t13-/m1/s1. The predicted octanol–water partition coefficient (Wildman–Crippen LogP) is 3.29. The second-order valence-electron chi connectivity index (χ2n) is 5.61. The smallest absolute Gasteiger partial charge is 0.226 e. The van der Waals surface area contributed by atoms with Crippen molar-refractivity contribution >= 4 is 17.4 Å². The first-order chi connectivity index (χ1) is 10.4. The van der Waals surface area contributed by atoms with Crippen LogP contribution in [0.2, 0.25) is 0 Å². The van der Waals surface area contributed by atoms with Gasteiger partial charge in [0.1, 0.15) is 0 Å². The Morgan fingerprint density at radius 2 is 1.86 bits per heavy atom. The maximum absolute atomic E-state index is 12.1. The highest BCUT2D eigenvalue weighted by atomic mass is 16.1. The van der Waals surface area contributed by atoms with Crippen LogP contribution in [0.15, 0.2) is 30.3 Å². The molecule has 2 aromatic rings. The fourth-order valence-corrected chi connectivity index (χ4v) is 2.45. The average molecular weight is 299 g/mol. The summed E-state index contributed by atoms with van der Waals surface area (Å²) >= 11 is 0. The van der Waals surface area contributed by atoms with Crippen molar-refractivity contribution in [2.75, 3.05) is 5.32 Å². The van der Waals surface area contributed by atoms with Gasteiger partial charge in [0.05, 0.1) is 11.7 Å². The number of amides is 1. The molecule has 0 spiro atoms. The van der Waals surface area contributed by atoms with Gasteiger partial charge in [-0.05, 0) is 58.0 Å². The molecule has 22 heavy (non-hydrogen) atoms. The van der Waals surface area contributed by atoms with Gasteiger partial charge in [0.2, 0.25) is 5.91 Å². The number of hydrogen-bond acceptors (Lipinski definition) is 3. The van der Waals surface area contributed by atoms with E-state index in [2.05, 4.69) is 10.4 Å². The third-order valence-corrected chi connectivity index (χ3v) is 3.52. The Labute approximate surface area is 130 Å². The highest BCUT2D eigenvalue weighted by Gasteiger charge is 2.14. The van der Waals surface area contributed by atoms with Crippen LogP contribution in [0.5, 0.6) is 0 Å². The molecule has 0 aliphatic rings. The Morgan fingerprint density at radius 1 is 1.23 bits per heavy atom. The lowest BCUT2D eigenvalue weighted by atomic mass is 10.1. The van der Waals surface area contributed by atoms with Crippen LogP contribution >= 0.6 is 0 Å². The molecule has 1 aromatic carbocycles. The topological polar surface area (TPSA) is 64.0 Å². The van der Waals surface area contributed by atoms with Crippen molar-refractivity contribution in [1.29, 1.82) is 0 Å². The van der Waals surface area contributed by atoms with Crippen molar-refractivity contribution < 1.29 is 9.59 Å². The number of nitrogens with zero attached hydrogens (tertiary/aromatic N) is 2. The van der Waals surface area contributed by atoms with E-state index in [9.17, 15) is 9.59 Å². The highest BCUT2D eigenvalue weighted by Crippen LogP contribution is 2.16. The number of anilines is 1. The van der Waals surface area contributed by atoms with Gasteiger partial charge in [0, 0.05) is 23.4 Å². The summed E-state index contributed by atoms with van der Waals surface area (Å²) in [7, 11) is 0. The summed E-state index contributed by atoms with van der Waals surface area (Å²) in [6, 6.07) is 8.88. The number of Topliss-reactive ketones (excluding diaryl/α,β-unsaturated/α-hetero) is 1. The molecule has 1 amide bonds. The van der Waals surface area contributed by atoms with Crippen molar-refractivity contribution in [2.24, 2.45) is 0 Å². The number of carbonyl (C=O) groups is 2. The Morgan fingerprint density at radius 3 is 2.36 bits per heavy atom. The lowest BCUT2D eigenvalue weighted by Gasteiger charge is -2.14. The maximum Gasteiger partial charge on any atom is 0.226 e. The zero-order valence-electron chi connectivity index (χ0n) is 13.4. The van der Waals surface area contributed by atoms with Gasteiger partial charge in [-0.1, -0.05) is 0 Å². The average Bonchev–Trinajstić information content (AvgIpc) is 2.78. The molecule has 1 atom stereocenters. The summed E-state index contributed by atoms with van der Waals surface area (Å²) < 4.78 is 1.87. The molecule has 0 unspecified atom stereocenters. The van der Waals surface area contributed by atoms with E-state index in [0.29, 0.717) is 17.7 Å². The number of rotatable bonds is 5. The van der Waals surface area contributed by atoms with E-state index in [1.165, 1.54) is 6.92 Å². The van der Waals surface area contributed by atoms with E-state index in [0.717, 1.165) is 11.4 Å². The number of benzene rings is 1. The number of ketones is 1. The van der Waals surface area contributed by atoms with Crippen LogP contribution in [0.25, 0.3) is 0 Å². The van der Waals surface area contributed by atoms with E-state index in [1.807, 2.05) is 31.5 Å². The largest absolute Gasteiger partial charge is 0.326 e. The van der Waals surface area contributed by atoms with Crippen LogP contribution in [-0.2, 0) is 4.79 Å². The number of carbonyl (C=O) groups excluding carboxylic acids is 2. The molecule has 1 heterocycles. The van der Waals surface area contributed by atoms with Gasteiger partial charge in [0.25, 0.3) is 0 Å². The number of aryl methyl sites for hydroxylation is 2. The molecule has 0 fully saturated rings. The first-order valence-electron chi connectivity index (χ1n) is 7.30. The summed E-state index contributed by atoms with van der Waals surface area (Å²) in [5.41, 5.74) is 3.32. The Balaban J connectivity index is 1.97. The van der Waals surface area contributed by atoms with Crippen LogP contribution in [0.1, 0.15) is 48.1 Å². The van der Waals surface area contributed by atoms with Crippen molar-refractivity contribution in [3.63, 3.8) is 0 Å². The lowest BCUT2D eigenvalue weighted by Crippen LogP contribution is -2.19. The van der Waals surface area contributed by atoms with Gasteiger partial charge in [-0.25, -0.2) is 0 Å². The van der Waals surface area contributed by atoms with Crippen LogP contribution < -0.4 is 5.32 Å². The third kappa shape index (κ3) is 3.81. The molecular formula is C17H21N3O2. The zero-order chi connectivity index (χ0) is 16.3. The number of aromatic nitrogens is 2. The summed E-state index contributed by atoms with van der Waals surface area (Å²) in [5.74, 6) is -0.0633. The van der Waals surface area contributed by atoms with Crippen LogP contribution in [0, 0.1) is 13.8 Å². The van der Waals surface area contributed by atoms with Crippen molar-refractivity contribution in [3.05, 3.63) is 47.3 Å². The quantitative estimate of drug-likeness (QED) is 0.862. The summed E-state index contributed by atoms with van der Waals surface area (Å²) in [4.78, 5) is 23.3. The van der Waals surface area contributed by atoms with Crippen LogP contribution in [-0.4, -0.2) is 21.5 Å². The molecule has 0 saturated heterocycles. The monoisotopic (exact) mass is 299 g/mol. The van der Waals surface area contributed by atoms with Crippen LogP contribution in [0.3, 0.4) is 0 Å². The molecule has 0 bridgehead atoms. The fourth-order valence-electron chi connectivity index (χ4n) is 2.45. The number of nitrogens with one attached hydrogen (secondary N) is 1. The molecule has 0 aliphatic heterocycles. The lowest BCUT2D eigenvalue weighted by molar-refractivity contribution is -0.116. The first kappa shape index (κ1) is 15.9. The molecule has 116 valence electrons. The van der Waals surface area contributed by atoms with E-state index in [-0.39, 0.29) is 17.7 Å². The molecule has 2 rings (SSSR count).